The van der Waals surface area contributed by atoms with Gasteiger partial charge in [-0.3, -0.25) is 9.78 Å². The molecule has 2 atom stereocenters. The number of carbonyl (C=O) groups excluding carboxylic acids is 1. The maximum absolute atomic E-state index is 14.6. The average molecular weight is 357 g/mol. The number of halogens is 1. The highest BCUT2D eigenvalue weighted by Crippen LogP contribution is 2.37. The zero-order valence-corrected chi connectivity index (χ0v) is 15.0. The maximum atomic E-state index is 14.6. The van der Waals surface area contributed by atoms with Gasteiger partial charge in [0.05, 0.1) is 31.4 Å². The summed E-state index contributed by atoms with van der Waals surface area (Å²) in [6, 6.07) is 5.40. The molecule has 0 amide bonds. The number of nitrogens with zero attached hydrogens (tertiary/aromatic N) is 3. The molecule has 2 aromatic rings. The van der Waals surface area contributed by atoms with Crippen LogP contribution in [0.1, 0.15) is 18.9 Å². The van der Waals surface area contributed by atoms with Crippen LogP contribution in [-0.2, 0) is 9.53 Å². The summed E-state index contributed by atoms with van der Waals surface area (Å²) in [4.78, 5) is 18.0. The molecule has 0 aliphatic carbocycles. The van der Waals surface area contributed by atoms with E-state index < -0.39 is 5.82 Å². The first-order valence-corrected chi connectivity index (χ1v) is 8.39. The highest BCUT2D eigenvalue weighted by molar-refractivity contribution is 5.95. The Bertz CT molecular complexity index is 894. The van der Waals surface area contributed by atoms with Gasteiger partial charge in [0.25, 0.3) is 0 Å². The smallest absolute Gasteiger partial charge is 0.309 e. The molecule has 1 saturated heterocycles. The van der Waals surface area contributed by atoms with Gasteiger partial charge in [0.1, 0.15) is 11.6 Å². The zero-order chi connectivity index (χ0) is 18.8. The SMILES string of the molecule is COC(=O)C1CCN(c2c(C#N)cnc3c(F)c(OC)ccc23)CC1C. The second-order valence-electron chi connectivity index (χ2n) is 6.45. The standard InChI is InChI=1S/C19H20FN3O3/c1-11-10-23(7-6-13(11)19(24)26-3)18-12(8-21)9-22-17-14(18)4-5-15(25-2)16(17)20/h4-5,9,11,13H,6-7,10H2,1-3H3. The van der Waals surface area contributed by atoms with Crippen LogP contribution < -0.4 is 9.64 Å². The Morgan fingerprint density at radius 2 is 2.19 bits per heavy atom. The molecule has 0 spiro atoms. The fraction of sp³-hybridized carbons (Fsp3) is 0.421. The van der Waals surface area contributed by atoms with E-state index in [4.69, 9.17) is 9.47 Å². The highest BCUT2D eigenvalue weighted by Gasteiger charge is 2.33. The molecule has 7 heteroatoms. The van der Waals surface area contributed by atoms with E-state index in [2.05, 4.69) is 11.1 Å². The Labute approximate surface area is 151 Å². The lowest BCUT2D eigenvalue weighted by molar-refractivity contribution is -0.147. The van der Waals surface area contributed by atoms with Crippen molar-refractivity contribution in [3.8, 4) is 11.8 Å². The predicted molar refractivity (Wildman–Crippen MR) is 94.5 cm³/mol. The fourth-order valence-corrected chi connectivity index (χ4v) is 3.63. The summed E-state index contributed by atoms with van der Waals surface area (Å²) in [6.45, 7) is 3.12. The van der Waals surface area contributed by atoms with Crippen LogP contribution in [0.4, 0.5) is 10.1 Å². The minimum atomic E-state index is -0.548. The molecule has 0 radical (unpaired) electrons. The number of esters is 1. The van der Waals surface area contributed by atoms with Crippen LogP contribution in [0.5, 0.6) is 5.75 Å². The van der Waals surface area contributed by atoms with Crippen LogP contribution >= 0.6 is 0 Å². The molecule has 2 unspecified atom stereocenters. The second kappa shape index (κ2) is 7.16. The Kier molecular flexibility index (Phi) is 4.94. The van der Waals surface area contributed by atoms with Gasteiger partial charge >= 0.3 is 5.97 Å². The van der Waals surface area contributed by atoms with Gasteiger partial charge in [-0.15, -0.1) is 0 Å². The van der Waals surface area contributed by atoms with Crippen molar-refractivity contribution < 1.29 is 18.7 Å². The molecule has 1 aliphatic heterocycles. The van der Waals surface area contributed by atoms with E-state index in [0.29, 0.717) is 36.1 Å². The summed E-state index contributed by atoms with van der Waals surface area (Å²) in [7, 11) is 2.79. The first-order valence-electron chi connectivity index (χ1n) is 8.39. The molecule has 6 nitrogen and oxygen atoms in total. The lowest BCUT2D eigenvalue weighted by Gasteiger charge is -2.37. The first kappa shape index (κ1) is 17.9. The van der Waals surface area contributed by atoms with E-state index in [-0.39, 0.29) is 29.1 Å². The number of carbonyl (C=O) groups is 1. The van der Waals surface area contributed by atoms with Gasteiger partial charge in [-0.25, -0.2) is 4.39 Å². The molecular formula is C19H20FN3O3. The number of rotatable bonds is 3. The summed E-state index contributed by atoms with van der Waals surface area (Å²) in [5.41, 5.74) is 1.20. The van der Waals surface area contributed by atoms with Crippen molar-refractivity contribution in [1.82, 2.24) is 4.98 Å². The van der Waals surface area contributed by atoms with Crippen molar-refractivity contribution in [2.45, 2.75) is 13.3 Å². The molecule has 26 heavy (non-hydrogen) atoms. The van der Waals surface area contributed by atoms with Gasteiger partial charge in [0.15, 0.2) is 11.6 Å². The van der Waals surface area contributed by atoms with Crippen LogP contribution in [0, 0.1) is 29.0 Å². The Hall–Kier alpha value is -2.88. The van der Waals surface area contributed by atoms with Gasteiger partial charge in [0.2, 0.25) is 0 Å². The largest absolute Gasteiger partial charge is 0.494 e. The molecule has 136 valence electrons. The number of anilines is 1. The average Bonchev–Trinajstić information content (AvgIpc) is 2.66. The van der Waals surface area contributed by atoms with Gasteiger partial charge in [-0.05, 0) is 24.5 Å². The number of aromatic nitrogens is 1. The summed E-state index contributed by atoms with van der Waals surface area (Å²) >= 11 is 0. The van der Waals surface area contributed by atoms with Gasteiger partial charge in [-0.1, -0.05) is 6.92 Å². The van der Waals surface area contributed by atoms with Crippen LogP contribution in [0.25, 0.3) is 10.9 Å². The van der Waals surface area contributed by atoms with Gasteiger partial charge < -0.3 is 14.4 Å². The van der Waals surface area contributed by atoms with E-state index in [9.17, 15) is 14.4 Å². The number of pyridine rings is 1. The minimum Gasteiger partial charge on any atom is -0.494 e. The van der Waals surface area contributed by atoms with Crippen molar-refractivity contribution in [2.75, 3.05) is 32.2 Å². The van der Waals surface area contributed by atoms with E-state index in [1.54, 1.807) is 6.07 Å². The van der Waals surface area contributed by atoms with Crippen molar-refractivity contribution in [3.63, 3.8) is 0 Å². The predicted octanol–water partition coefficient (Wildman–Crippen LogP) is 2.89. The number of nitriles is 1. The first-order chi connectivity index (χ1) is 12.5. The normalized spacial score (nSPS) is 19.9. The van der Waals surface area contributed by atoms with Gasteiger partial charge in [0, 0.05) is 24.7 Å². The molecular weight excluding hydrogens is 337 g/mol. The Morgan fingerprint density at radius 1 is 1.42 bits per heavy atom. The molecule has 0 N–H and O–H groups in total. The number of ether oxygens (including phenoxy) is 2. The highest BCUT2D eigenvalue weighted by atomic mass is 19.1. The lowest BCUT2D eigenvalue weighted by atomic mass is 9.86. The molecule has 1 fully saturated rings. The zero-order valence-electron chi connectivity index (χ0n) is 15.0. The molecule has 1 aliphatic rings. The van der Waals surface area contributed by atoms with Crippen molar-refractivity contribution in [3.05, 3.63) is 29.7 Å². The monoisotopic (exact) mass is 357 g/mol. The van der Waals surface area contributed by atoms with E-state index in [0.717, 1.165) is 0 Å². The lowest BCUT2D eigenvalue weighted by Crippen LogP contribution is -2.43. The summed E-state index contributed by atoms with van der Waals surface area (Å²) in [6.07, 6.45) is 2.00. The number of piperidine rings is 1. The maximum Gasteiger partial charge on any atom is 0.309 e. The number of methoxy groups -OCH3 is 2. The molecule has 0 saturated carbocycles. The van der Waals surface area contributed by atoms with Crippen LogP contribution in [0.2, 0.25) is 0 Å². The minimum absolute atomic E-state index is 0.0500. The van der Waals surface area contributed by atoms with Crippen molar-refractivity contribution in [2.24, 2.45) is 11.8 Å². The number of hydrogen-bond donors (Lipinski definition) is 0. The van der Waals surface area contributed by atoms with Crippen LogP contribution in [0.15, 0.2) is 18.3 Å². The second-order valence-corrected chi connectivity index (χ2v) is 6.45. The molecule has 1 aromatic carbocycles. The molecule has 3 rings (SSSR count). The van der Waals surface area contributed by atoms with E-state index in [1.807, 2.05) is 11.8 Å². The third-order valence-corrected chi connectivity index (χ3v) is 4.98. The summed E-state index contributed by atoms with van der Waals surface area (Å²) < 4.78 is 24.5. The Morgan fingerprint density at radius 3 is 2.81 bits per heavy atom. The number of benzene rings is 1. The molecule has 0 bridgehead atoms. The van der Waals surface area contributed by atoms with E-state index in [1.165, 1.54) is 26.5 Å². The quantitative estimate of drug-likeness (QED) is 0.786. The third-order valence-electron chi connectivity index (χ3n) is 4.98. The third kappa shape index (κ3) is 2.92. The van der Waals surface area contributed by atoms with Crippen molar-refractivity contribution in [1.29, 1.82) is 5.26 Å². The molecule has 1 aromatic heterocycles. The van der Waals surface area contributed by atoms with Gasteiger partial charge in [-0.2, -0.15) is 5.26 Å². The number of fused-ring (bicyclic) bond motifs is 1. The number of hydrogen-bond acceptors (Lipinski definition) is 6. The van der Waals surface area contributed by atoms with Crippen molar-refractivity contribution >= 4 is 22.6 Å². The fourth-order valence-electron chi connectivity index (χ4n) is 3.63. The van der Waals surface area contributed by atoms with Crippen LogP contribution in [-0.4, -0.2) is 38.3 Å². The topological polar surface area (TPSA) is 75.5 Å². The Balaban J connectivity index is 2.06. The molecule has 2 heterocycles. The van der Waals surface area contributed by atoms with E-state index >= 15 is 0 Å². The van der Waals surface area contributed by atoms with Crippen LogP contribution in [0.3, 0.4) is 0 Å². The summed E-state index contributed by atoms with van der Waals surface area (Å²) in [5, 5.41) is 10.1. The summed E-state index contributed by atoms with van der Waals surface area (Å²) in [5.74, 6) is -0.777.